The molecule has 0 saturated carbocycles. The van der Waals surface area contributed by atoms with Crippen LogP contribution in [0.5, 0.6) is 5.88 Å². The van der Waals surface area contributed by atoms with E-state index in [1.807, 2.05) is 24.3 Å². The topological polar surface area (TPSA) is 47.0 Å². The van der Waals surface area contributed by atoms with Crippen molar-refractivity contribution in [2.75, 3.05) is 6.54 Å². The van der Waals surface area contributed by atoms with E-state index in [4.69, 9.17) is 16.3 Å². The molecular weight excluding hydrogens is 286 g/mol. The molecule has 4 nitrogen and oxygen atoms in total. The highest BCUT2D eigenvalue weighted by Crippen LogP contribution is 2.13. The zero-order valence-electron chi connectivity index (χ0n) is 12.3. The maximum Gasteiger partial charge on any atom is 0.232 e. The molecule has 0 aliphatic heterocycles. The van der Waals surface area contributed by atoms with Crippen LogP contribution in [0.15, 0.2) is 36.7 Å². The van der Waals surface area contributed by atoms with Crippen LogP contribution in [0.1, 0.15) is 25.1 Å². The van der Waals surface area contributed by atoms with E-state index in [1.54, 1.807) is 12.4 Å². The van der Waals surface area contributed by atoms with Crippen LogP contribution in [0.3, 0.4) is 0 Å². The Morgan fingerprint density at radius 3 is 2.76 bits per heavy atom. The van der Waals surface area contributed by atoms with Gasteiger partial charge >= 0.3 is 0 Å². The molecular formula is C16H20ClN3O. The molecule has 2 rings (SSSR count). The molecule has 0 aliphatic rings. The number of benzene rings is 1. The molecule has 0 unspecified atom stereocenters. The van der Waals surface area contributed by atoms with Crippen LogP contribution in [0.25, 0.3) is 0 Å². The number of aromatic nitrogens is 2. The lowest BCUT2D eigenvalue weighted by Gasteiger charge is -2.08. The lowest BCUT2D eigenvalue weighted by atomic mass is 10.2. The summed E-state index contributed by atoms with van der Waals surface area (Å²) in [6.07, 6.45) is 3.39. The van der Waals surface area contributed by atoms with Crippen LogP contribution in [0.4, 0.5) is 0 Å². The number of rotatable bonds is 7. The molecule has 1 heterocycles. The summed E-state index contributed by atoms with van der Waals surface area (Å²) < 4.78 is 5.59. The van der Waals surface area contributed by atoms with Crippen molar-refractivity contribution in [1.82, 2.24) is 15.3 Å². The van der Waals surface area contributed by atoms with E-state index in [2.05, 4.69) is 29.1 Å². The number of ether oxygens (including phenoxy) is 1. The first-order chi connectivity index (χ1) is 10.1. The molecule has 1 aromatic heterocycles. The Hall–Kier alpha value is -1.65. The van der Waals surface area contributed by atoms with Gasteiger partial charge in [-0.25, -0.2) is 4.98 Å². The average Bonchev–Trinajstić information content (AvgIpc) is 2.46. The highest BCUT2D eigenvalue weighted by molar-refractivity contribution is 6.30. The van der Waals surface area contributed by atoms with Crippen LogP contribution >= 0.6 is 11.6 Å². The Bertz CT molecular complexity index is 558. The smallest absolute Gasteiger partial charge is 0.232 e. The molecule has 0 bridgehead atoms. The van der Waals surface area contributed by atoms with Crippen LogP contribution in [0.2, 0.25) is 5.02 Å². The predicted molar refractivity (Wildman–Crippen MR) is 84.4 cm³/mol. The van der Waals surface area contributed by atoms with E-state index in [1.165, 1.54) is 0 Å². The van der Waals surface area contributed by atoms with Gasteiger partial charge < -0.3 is 10.1 Å². The van der Waals surface area contributed by atoms with Crippen LogP contribution < -0.4 is 10.1 Å². The molecule has 0 spiro atoms. The van der Waals surface area contributed by atoms with Crippen molar-refractivity contribution < 1.29 is 4.74 Å². The standard InChI is InChI=1S/C16H20ClN3O/c1-12(2)7-18-8-15-9-20-16(10-19-15)21-11-13-4-3-5-14(17)6-13/h3-6,9-10,12,18H,7-8,11H2,1-2H3. The van der Waals surface area contributed by atoms with E-state index in [9.17, 15) is 0 Å². The van der Waals surface area contributed by atoms with Gasteiger partial charge in [-0.15, -0.1) is 0 Å². The Balaban J connectivity index is 1.82. The fourth-order valence-corrected chi connectivity index (χ4v) is 1.99. The zero-order chi connectivity index (χ0) is 15.1. The predicted octanol–water partition coefficient (Wildman–Crippen LogP) is 3.45. The lowest BCUT2D eigenvalue weighted by Crippen LogP contribution is -2.19. The number of hydrogen-bond donors (Lipinski definition) is 1. The molecule has 1 aromatic carbocycles. The van der Waals surface area contributed by atoms with Gasteiger partial charge in [0.25, 0.3) is 0 Å². The summed E-state index contributed by atoms with van der Waals surface area (Å²) in [5, 5.41) is 4.03. The summed E-state index contributed by atoms with van der Waals surface area (Å²) in [6, 6.07) is 7.57. The Morgan fingerprint density at radius 1 is 1.24 bits per heavy atom. The second kappa shape index (κ2) is 7.96. The minimum absolute atomic E-state index is 0.431. The van der Waals surface area contributed by atoms with Crippen molar-refractivity contribution in [3.8, 4) is 5.88 Å². The van der Waals surface area contributed by atoms with Crippen LogP contribution in [-0.2, 0) is 13.2 Å². The summed E-state index contributed by atoms with van der Waals surface area (Å²) in [4.78, 5) is 8.59. The van der Waals surface area contributed by atoms with Gasteiger partial charge in [0.2, 0.25) is 5.88 Å². The fourth-order valence-electron chi connectivity index (χ4n) is 1.78. The van der Waals surface area contributed by atoms with Crippen LogP contribution in [0, 0.1) is 5.92 Å². The highest BCUT2D eigenvalue weighted by Gasteiger charge is 2.01. The fraction of sp³-hybridized carbons (Fsp3) is 0.375. The van der Waals surface area contributed by atoms with Crippen molar-refractivity contribution in [2.24, 2.45) is 5.92 Å². The van der Waals surface area contributed by atoms with Crippen molar-refractivity contribution >= 4 is 11.6 Å². The lowest BCUT2D eigenvalue weighted by molar-refractivity contribution is 0.292. The normalized spacial score (nSPS) is 10.9. The molecule has 0 radical (unpaired) electrons. The number of nitrogens with one attached hydrogen (secondary N) is 1. The second-order valence-corrected chi connectivity index (χ2v) is 5.73. The average molecular weight is 306 g/mol. The van der Waals surface area contributed by atoms with E-state index < -0.39 is 0 Å². The first-order valence-electron chi connectivity index (χ1n) is 7.02. The minimum Gasteiger partial charge on any atom is -0.472 e. The number of nitrogens with zero attached hydrogens (tertiary/aromatic N) is 2. The van der Waals surface area contributed by atoms with Gasteiger partial charge in [-0.2, -0.15) is 0 Å². The third-order valence-electron chi connectivity index (χ3n) is 2.82. The summed E-state index contributed by atoms with van der Waals surface area (Å²) in [7, 11) is 0. The first kappa shape index (κ1) is 15.7. The molecule has 0 atom stereocenters. The molecule has 2 aromatic rings. The largest absolute Gasteiger partial charge is 0.472 e. The molecule has 1 N–H and O–H groups in total. The summed E-state index contributed by atoms with van der Waals surface area (Å²) in [5.74, 6) is 1.14. The zero-order valence-corrected chi connectivity index (χ0v) is 13.1. The monoisotopic (exact) mass is 305 g/mol. The van der Waals surface area contributed by atoms with Gasteiger partial charge in [0, 0.05) is 11.6 Å². The van der Waals surface area contributed by atoms with Gasteiger partial charge in [0.1, 0.15) is 6.61 Å². The van der Waals surface area contributed by atoms with E-state index in [-0.39, 0.29) is 0 Å². The maximum atomic E-state index is 5.93. The van der Waals surface area contributed by atoms with Gasteiger partial charge in [-0.3, -0.25) is 4.98 Å². The van der Waals surface area contributed by atoms with Crippen molar-refractivity contribution in [3.63, 3.8) is 0 Å². The molecule has 0 amide bonds. The van der Waals surface area contributed by atoms with Crippen LogP contribution in [-0.4, -0.2) is 16.5 Å². The quantitative estimate of drug-likeness (QED) is 0.851. The Morgan fingerprint density at radius 2 is 2.10 bits per heavy atom. The summed E-state index contributed by atoms with van der Waals surface area (Å²) >= 11 is 5.93. The third kappa shape index (κ3) is 5.69. The molecule has 0 saturated heterocycles. The van der Waals surface area contributed by atoms with Crippen molar-refractivity contribution in [3.05, 3.63) is 52.9 Å². The van der Waals surface area contributed by atoms with Gasteiger partial charge in [0.15, 0.2) is 0 Å². The number of hydrogen-bond acceptors (Lipinski definition) is 4. The third-order valence-corrected chi connectivity index (χ3v) is 3.05. The second-order valence-electron chi connectivity index (χ2n) is 5.29. The molecule has 112 valence electrons. The van der Waals surface area contributed by atoms with E-state index in [0.717, 1.165) is 24.3 Å². The first-order valence-corrected chi connectivity index (χ1v) is 7.40. The molecule has 5 heteroatoms. The Kier molecular flexibility index (Phi) is 5.96. The van der Waals surface area contributed by atoms with Gasteiger partial charge in [0.05, 0.1) is 18.1 Å². The Labute approximate surface area is 130 Å². The van der Waals surface area contributed by atoms with Crippen molar-refractivity contribution in [2.45, 2.75) is 27.0 Å². The van der Waals surface area contributed by atoms with E-state index >= 15 is 0 Å². The molecule has 21 heavy (non-hydrogen) atoms. The highest BCUT2D eigenvalue weighted by atomic mass is 35.5. The SMILES string of the molecule is CC(C)CNCc1cnc(OCc2cccc(Cl)c2)cn1. The summed E-state index contributed by atoms with van der Waals surface area (Å²) in [6.45, 7) is 6.46. The molecule has 0 fully saturated rings. The summed E-state index contributed by atoms with van der Waals surface area (Å²) in [5.41, 5.74) is 1.91. The van der Waals surface area contributed by atoms with E-state index in [0.29, 0.717) is 23.4 Å². The molecule has 0 aliphatic carbocycles. The minimum atomic E-state index is 0.431. The van der Waals surface area contributed by atoms with Gasteiger partial charge in [-0.1, -0.05) is 37.6 Å². The van der Waals surface area contributed by atoms with Gasteiger partial charge in [-0.05, 0) is 30.2 Å². The maximum absolute atomic E-state index is 5.93. The van der Waals surface area contributed by atoms with Crippen molar-refractivity contribution in [1.29, 1.82) is 0 Å². The number of halogens is 1.